The fraction of sp³-hybridized carbons (Fsp3) is 0.600. The van der Waals surface area contributed by atoms with E-state index in [0.717, 1.165) is 11.3 Å². The molecule has 0 saturated carbocycles. The van der Waals surface area contributed by atoms with Crippen molar-refractivity contribution in [2.24, 2.45) is 0 Å². The zero-order chi connectivity index (χ0) is 15.0. The van der Waals surface area contributed by atoms with E-state index in [1.54, 1.807) is 0 Å². The van der Waals surface area contributed by atoms with Crippen LogP contribution in [0.25, 0.3) is 0 Å². The Hall–Kier alpha value is -1.23. The minimum atomic E-state index is -4.09. The molecule has 1 unspecified atom stereocenters. The highest BCUT2D eigenvalue weighted by Gasteiger charge is 2.27. The Labute approximate surface area is 118 Å². The quantitative estimate of drug-likeness (QED) is 0.762. The molecular formula is C15H22F3NO. The van der Waals surface area contributed by atoms with Crippen LogP contribution >= 0.6 is 0 Å². The van der Waals surface area contributed by atoms with E-state index in [9.17, 15) is 13.2 Å². The number of alkyl halides is 3. The first kappa shape index (κ1) is 16.8. The second kappa shape index (κ2) is 8.15. The zero-order valence-corrected chi connectivity index (χ0v) is 12.0. The molecule has 0 fully saturated rings. The average Bonchev–Trinajstić information content (AvgIpc) is 2.37. The number of ether oxygens (including phenoxy) is 1. The molecule has 0 aliphatic rings. The summed E-state index contributed by atoms with van der Waals surface area (Å²) in [4.78, 5) is 0. The van der Waals surface area contributed by atoms with E-state index in [0.29, 0.717) is 19.6 Å². The lowest BCUT2D eigenvalue weighted by molar-refractivity contribution is -0.135. The smallest absolute Gasteiger partial charge is 0.389 e. The van der Waals surface area contributed by atoms with Crippen LogP contribution in [0.15, 0.2) is 24.3 Å². The van der Waals surface area contributed by atoms with Crippen LogP contribution in [-0.4, -0.2) is 19.3 Å². The Kier molecular flexibility index (Phi) is 6.85. The van der Waals surface area contributed by atoms with Crippen LogP contribution in [0.1, 0.15) is 44.7 Å². The van der Waals surface area contributed by atoms with Crippen LogP contribution < -0.4 is 10.1 Å². The van der Waals surface area contributed by atoms with E-state index in [2.05, 4.69) is 5.32 Å². The maximum Gasteiger partial charge on any atom is 0.389 e. The lowest BCUT2D eigenvalue weighted by Crippen LogP contribution is -2.22. The van der Waals surface area contributed by atoms with Gasteiger partial charge in [-0.2, -0.15) is 13.2 Å². The van der Waals surface area contributed by atoms with Gasteiger partial charge in [-0.1, -0.05) is 25.1 Å². The van der Waals surface area contributed by atoms with Gasteiger partial charge in [-0.15, -0.1) is 0 Å². The fourth-order valence-corrected chi connectivity index (χ4v) is 2.18. The predicted octanol–water partition coefficient (Wildman–Crippen LogP) is 4.47. The van der Waals surface area contributed by atoms with E-state index in [-0.39, 0.29) is 12.5 Å². The number of nitrogens with one attached hydrogen (secondary N) is 1. The first-order chi connectivity index (χ1) is 9.48. The average molecular weight is 289 g/mol. The Balaban J connectivity index is 2.74. The molecule has 0 heterocycles. The number of benzene rings is 1. The fourth-order valence-electron chi connectivity index (χ4n) is 2.18. The summed E-state index contributed by atoms with van der Waals surface area (Å²) >= 11 is 0. The van der Waals surface area contributed by atoms with Gasteiger partial charge >= 0.3 is 6.18 Å². The van der Waals surface area contributed by atoms with Gasteiger partial charge in [0.25, 0.3) is 0 Å². The van der Waals surface area contributed by atoms with Gasteiger partial charge in [0.05, 0.1) is 6.61 Å². The van der Waals surface area contributed by atoms with Gasteiger partial charge in [-0.3, -0.25) is 0 Å². The van der Waals surface area contributed by atoms with E-state index in [1.165, 1.54) is 0 Å². The molecule has 114 valence electrons. The number of para-hydroxylation sites is 1. The third-order valence-corrected chi connectivity index (χ3v) is 3.00. The lowest BCUT2D eigenvalue weighted by atomic mass is 9.99. The molecule has 0 spiro atoms. The molecule has 0 aliphatic carbocycles. The predicted molar refractivity (Wildman–Crippen MR) is 73.9 cm³/mol. The summed E-state index contributed by atoms with van der Waals surface area (Å²) in [6.45, 7) is 5.08. The van der Waals surface area contributed by atoms with Crippen molar-refractivity contribution in [1.82, 2.24) is 5.32 Å². The second-order valence-electron chi connectivity index (χ2n) is 4.59. The molecule has 0 saturated heterocycles. The summed E-state index contributed by atoms with van der Waals surface area (Å²) in [5.41, 5.74) is 0.929. The minimum absolute atomic E-state index is 0.106. The summed E-state index contributed by atoms with van der Waals surface area (Å²) in [5.74, 6) is 0.743. The van der Waals surface area contributed by atoms with Crippen LogP contribution in [0.3, 0.4) is 0 Å². The first-order valence-corrected chi connectivity index (χ1v) is 6.99. The Bertz CT molecular complexity index is 393. The molecule has 20 heavy (non-hydrogen) atoms. The summed E-state index contributed by atoms with van der Waals surface area (Å²) in [6.07, 6.45) is -4.28. The highest BCUT2D eigenvalue weighted by molar-refractivity contribution is 5.36. The minimum Gasteiger partial charge on any atom is -0.494 e. The lowest BCUT2D eigenvalue weighted by Gasteiger charge is -2.21. The second-order valence-corrected chi connectivity index (χ2v) is 4.59. The third kappa shape index (κ3) is 5.82. The summed E-state index contributed by atoms with van der Waals surface area (Å²) < 4.78 is 42.3. The zero-order valence-electron chi connectivity index (χ0n) is 12.0. The molecule has 0 aliphatic heterocycles. The van der Waals surface area contributed by atoms with E-state index < -0.39 is 12.6 Å². The van der Waals surface area contributed by atoms with Gasteiger partial charge in [-0.25, -0.2) is 0 Å². The molecule has 0 bridgehead atoms. The Morgan fingerprint density at radius 3 is 2.50 bits per heavy atom. The van der Waals surface area contributed by atoms with Crippen LogP contribution in [0.4, 0.5) is 13.2 Å². The number of rotatable bonds is 8. The molecule has 0 radical (unpaired) electrons. The standard InChI is InChI=1S/C15H22F3NO/c1-3-19-13(9-7-11-15(16,17)18)12-8-5-6-10-14(12)20-4-2/h5-6,8,10,13,19H,3-4,7,9,11H2,1-2H3. The van der Waals surface area contributed by atoms with Crippen LogP contribution in [0.2, 0.25) is 0 Å². The monoisotopic (exact) mass is 289 g/mol. The van der Waals surface area contributed by atoms with Crippen molar-refractivity contribution in [1.29, 1.82) is 0 Å². The number of hydrogen-bond donors (Lipinski definition) is 1. The van der Waals surface area contributed by atoms with Gasteiger partial charge in [0.2, 0.25) is 0 Å². The van der Waals surface area contributed by atoms with Gasteiger partial charge in [0, 0.05) is 18.0 Å². The molecule has 2 nitrogen and oxygen atoms in total. The van der Waals surface area contributed by atoms with Crippen molar-refractivity contribution in [2.45, 2.75) is 45.3 Å². The highest BCUT2D eigenvalue weighted by atomic mass is 19.4. The van der Waals surface area contributed by atoms with Crippen LogP contribution in [0.5, 0.6) is 5.75 Å². The first-order valence-electron chi connectivity index (χ1n) is 6.99. The number of halogens is 3. The van der Waals surface area contributed by atoms with Crippen molar-refractivity contribution in [3.8, 4) is 5.75 Å². The number of hydrogen-bond acceptors (Lipinski definition) is 2. The molecule has 1 aromatic carbocycles. The molecule has 1 N–H and O–H groups in total. The Morgan fingerprint density at radius 2 is 1.90 bits per heavy atom. The maximum absolute atomic E-state index is 12.2. The van der Waals surface area contributed by atoms with Crippen molar-refractivity contribution >= 4 is 0 Å². The molecule has 0 amide bonds. The van der Waals surface area contributed by atoms with Gasteiger partial charge < -0.3 is 10.1 Å². The largest absolute Gasteiger partial charge is 0.494 e. The van der Waals surface area contributed by atoms with Gasteiger partial charge in [-0.05, 0) is 32.4 Å². The Morgan fingerprint density at radius 1 is 1.20 bits per heavy atom. The van der Waals surface area contributed by atoms with Crippen molar-refractivity contribution in [3.63, 3.8) is 0 Å². The molecule has 1 atom stereocenters. The van der Waals surface area contributed by atoms with Gasteiger partial charge in [0.1, 0.15) is 5.75 Å². The summed E-state index contributed by atoms with van der Waals surface area (Å²) in [6, 6.07) is 7.41. The SMILES string of the molecule is CCNC(CCCC(F)(F)F)c1ccccc1OCC. The molecule has 5 heteroatoms. The highest BCUT2D eigenvalue weighted by Crippen LogP contribution is 2.30. The van der Waals surface area contributed by atoms with Crippen LogP contribution in [0, 0.1) is 0 Å². The third-order valence-electron chi connectivity index (χ3n) is 3.00. The van der Waals surface area contributed by atoms with Crippen LogP contribution in [-0.2, 0) is 0 Å². The maximum atomic E-state index is 12.2. The van der Waals surface area contributed by atoms with E-state index in [1.807, 2.05) is 38.1 Å². The topological polar surface area (TPSA) is 21.3 Å². The molecule has 1 rings (SSSR count). The van der Waals surface area contributed by atoms with E-state index >= 15 is 0 Å². The normalized spacial score (nSPS) is 13.2. The van der Waals surface area contributed by atoms with Crippen molar-refractivity contribution < 1.29 is 17.9 Å². The van der Waals surface area contributed by atoms with Crippen molar-refractivity contribution in [2.75, 3.05) is 13.2 Å². The molecule has 0 aromatic heterocycles. The van der Waals surface area contributed by atoms with E-state index in [4.69, 9.17) is 4.74 Å². The van der Waals surface area contributed by atoms with Gasteiger partial charge in [0.15, 0.2) is 0 Å². The molecular weight excluding hydrogens is 267 g/mol. The van der Waals surface area contributed by atoms with Crippen molar-refractivity contribution in [3.05, 3.63) is 29.8 Å². The summed E-state index contributed by atoms with van der Waals surface area (Å²) in [5, 5.41) is 3.24. The molecule has 1 aromatic rings. The summed E-state index contributed by atoms with van der Waals surface area (Å²) in [7, 11) is 0.